The summed E-state index contributed by atoms with van der Waals surface area (Å²) in [5.74, 6) is 3.15. The number of Topliss-reactive ketones (excluding diaryl/α,β-unsaturated/α-hetero) is 1. The lowest BCUT2D eigenvalue weighted by atomic mass is 9.61. The first-order valence-electron chi connectivity index (χ1n) is 9.53. The largest absolute Gasteiger partial charge is 0.294 e. The van der Waals surface area contributed by atoms with Gasteiger partial charge in [0.05, 0.1) is 0 Å². The van der Waals surface area contributed by atoms with Crippen molar-refractivity contribution in [1.82, 2.24) is 0 Å². The normalized spacial score (nSPS) is 36.3. The average molecular weight is 294 g/mol. The average Bonchev–Trinajstić information content (AvgIpc) is 2.88. The molecule has 116 valence electrons. The third kappa shape index (κ3) is 1.74. The third-order valence-corrected chi connectivity index (χ3v) is 7.22. The Morgan fingerprint density at radius 1 is 0.864 bits per heavy atom. The molecule has 5 rings (SSSR count). The van der Waals surface area contributed by atoms with E-state index in [2.05, 4.69) is 12.1 Å². The second-order valence-corrected chi connectivity index (χ2v) is 8.15. The fourth-order valence-corrected chi connectivity index (χ4v) is 6.30. The van der Waals surface area contributed by atoms with Gasteiger partial charge in [-0.05, 0) is 79.4 Å². The van der Waals surface area contributed by atoms with E-state index in [1.165, 1.54) is 57.8 Å². The molecule has 1 aromatic rings. The summed E-state index contributed by atoms with van der Waals surface area (Å²) >= 11 is 0. The Kier molecular flexibility index (Phi) is 3.00. The highest BCUT2D eigenvalue weighted by molar-refractivity contribution is 6.04. The third-order valence-electron chi connectivity index (χ3n) is 7.22. The maximum Gasteiger partial charge on any atom is 0.166 e. The molecule has 4 aliphatic carbocycles. The van der Waals surface area contributed by atoms with E-state index >= 15 is 0 Å². The van der Waals surface area contributed by atoms with Gasteiger partial charge in [-0.15, -0.1) is 0 Å². The molecule has 0 spiro atoms. The molecule has 0 heterocycles. The van der Waals surface area contributed by atoms with E-state index in [1.807, 2.05) is 0 Å². The molecule has 2 fully saturated rings. The van der Waals surface area contributed by atoms with Crippen molar-refractivity contribution in [3.05, 3.63) is 34.4 Å². The van der Waals surface area contributed by atoms with Crippen LogP contribution in [0.25, 0.3) is 0 Å². The first-order valence-corrected chi connectivity index (χ1v) is 9.53. The standard InChI is InChI=1S/C21H26O/c22-21-17-11-9-13-5-1-3-7-15(13)19(17)20-16-8-4-2-6-14(16)10-12-18(20)21/h9,11,14,16,18,20H,1-8,10,12H2. The Morgan fingerprint density at radius 3 is 2.68 bits per heavy atom. The van der Waals surface area contributed by atoms with Gasteiger partial charge in [0, 0.05) is 11.5 Å². The molecule has 0 radical (unpaired) electrons. The smallest absolute Gasteiger partial charge is 0.166 e. The molecule has 0 amide bonds. The summed E-state index contributed by atoms with van der Waals surface area (Å²) in [5.41, 5.74) is 5.85. The Balaban J connectivity index is 1.66. The molecule has 1 aromatic carbocycles. The van der Waals surface area contributed by atoms with Crippen molar-refractivity contribution < 1.29 is 4.79 Å². The number of fused-ring (bicyclic) bond motifs is 7. The van der Waals surface area contributed by atoms with E-state index < -0.39 is 0 Å². The summed E-state index contributed by atoms with van der Waals surface area (Å²) in [6.07, 6.45) is 13.2. The number of hydrogen-bond donors (Lipinski definition) is 0. The van der Waals surface area contributed by atoms with E-state index in [0.717, 1.165) is 23.8 Å². The van der Waals surface area contributed by atoms with Crippen molar-refractivity contribution in [3.8, 4) is 0 Å². The van der Waals surface area contributed by atoms with Crippen LogP contribution in [0, 0.1) is 17.8 Å². The molecule has 22 heavy (non-hydrogen) atoms. The highest BCUT2D eigenvalue weighted by Crippen LogP contribution is 2.57. The van der Waals surface area contributed by atoms with Gasteiger partial charge in [0.15, 0.2) is 5.78 Å². The zero-order valence-electron chi connectivity index (χ0n) is 13.4. The molecule has 0 saturated heterocycles. The number of rotatable bonds is 0. The number of carbonyl (C=O) groups is 1. The van der Waals surface area contributed by atoms with Gasteiger partial charge in [-0.1, -0.05) is 31.4 Å². The van der Waals surface area contributed by atoms with Crippen molar-refractivity contribution >= 4 is 5.78 Å². The van der Waals surface area contributed by atoms with Gasteiger partial charge in [-0.3, -0.25) is 4.79 Å². The minimum Gasteiger partial charge on any atom is -0.294 e. The zero-order chi connectivity index (χ0) is 14.7. The number of hydrogen-bond acceptors (Lipinski definition) is 1. The van der Waals surface area contributed by atoms with Crippen molar-refractivity contribution in [2.75, 3.05) is 0 Å². The fraction of sp³-hybridized carbons (Fsp3) is 0.667. The van der Waals surface area contributed by atoms with E-state index in [0.29, 0.717) is 17.6 Å². The van der Waals surface area contributed by atoms with Crippen LogP contribution in [0.1, 0.15) is 84.3 Å². The van der Waals surface area contributed by atoms with Crippen LogP contribution in [-0.4, -0.2) is 5.78 Å². The van der Waals surface area contributed by atoms with E-state index in [9.17, 15) is 4.79 Å². The summed E-state index contributed by atoms with van der Waals surface area (Å²) in [6, 6.07) is 4.47. The van der Waals surface area contributed by atoms with Crippen molar-refractivity contribution in [3.63, 3.8) is 0 Å². The summed E-state index contributed by atoms with van der Waals surface area (Å²) in [5, 5.41) is 0. The molecule has 0 N–H and O–H groups in total. The van der Waals surface area contributed by atoms with Gasteiger partial charge >= 0.3 is 0 Å². The molecular formula is C21H26O. The molecular weight excluding hydrogens is 268 g/mol. The lowest BCUT2D eigenvalue weighted by Gasteiger charge is -2.43. The van der Waals surface area contributed by atoms with Gasteiger partial charge in [0.1, 0.15) is 0 Å². The van der Waals surface area contributed by atoms with Crippen LogP contribution in [0.2, 0.25) is 0 Å². The van der Waals surface area contributed by atoms with Gasteiger partial charge in [0.2, 0.25) is 0 Å². The van der Waals surface area contributed by atoms with Crippen molar-refractivity contribution in [2.24, 2.45) is 17.8 Å². The quantitative estimate of drug-likeness (QED) is 0.653. The molecule has 0 aliphatic heterocycles. The SMILES string of the molecule is O=C1c2ccc3c(c2C2C1CCC1CCCCC12)CCCC3. The molecule has 4 atom stereocenters. The maximum atomic E-state index is 13.0. The Bertz CT molecular complexity index is 629. The number of benzene rings is 1. The van der Waals surface area contributed by atoms with Crippen LogP contribution in [-0.2, 0) is 12.8 Å². The summed E-state index contributed by atoms with van der Waals surface area (Å²) < 4.78 is 0. The number of carbonyl (C=O) groups excluding carboxylic acids is 1. The van der Waals surface area contributed by atoms with Crippen LogP contribution in [0.5, 0.6) is 0 Å². The van der Waals surface area contributed by atoms with Crippen LogP contribution >= 0.6 is 0 Å². The maximum absolute atomic E-state index is 13.0. The van der Waals surface area contributed by atoms with E-state index in [-0.39, 0.29) is 0 Å². The summed E-state index contributed by atoms with van der Waals surface area (Å²) in [7, 11) is 0. The fourth-order valence-electron chi connectivity index (χ4n) is 6.30. The highest BCUT2D eigenvalue weighted by Gasteiger charge is 2.50. The predicted octanol–water partition coefficient (Wildman–Crippen LogP) is 5.06. The molecule has 1 nitrogen and oxygen atoms in total. The van der Waals surface area contributed by atoms with Crippen molar-refractivity contribution in [2.45, 2.75) is 70.1 Å². The predicted molar refractivity (Wildman–Crippen MR) is 88.3 cm³/mol. The van der Waals surface area contributed by atoms with E-state index in [4.69, 9.17) is 0 Å². The van der Waals surface area contributed by atoms with Gasteiger partial charge < -0.3 is 0 Å². The Morgan fingerprint density at radius 2 is 1.73 bits per heavy atom. The lowest BCUT2D eigenvalue weighted by molar-refractivity contribution is 0.0730. The highest BCUT2D eigenvalue weighted by atomic mass is 16.1. The molecule has 4 aliphatic rings. The van der Waals surface area contributed by atoms with Crippen LogP contribution < -0.4 is 0 Å². The monoisotopic (exact) mass is 294 g/mol. The van der Waals surface area contributed by atoms with Crippen molar-refractivity contribution in [1.29, 1.82) is 0 Å². The molecule has 4 unspecified atom stereocenters. The lowest BCUT2D eigenvalue weighted by Crippen LogP contribution is -2.35. The number of aryl methyl sites for hydroxylation is 1. The van der Waals surface area contributed by atoms with Gasteiger partial charge in [-0.25, -0.2) is 0 Å². The van der Waals surface area contributed by atoms with E-state index in [1.54, 1.807) is 16.7 Å². The van der Waals surface area contributed by atoms with Crippen LogP contribution in [0.3, 0.4) is 0 Å². The number of ketones is 1. The zero-order valence-corrected chi connectivity index (χ0v) is 13.4. The van der Waals surface area contributed by atoms with Gasteiger partial charge in [0.25, 0.3) is 0 Å². The Labute approximate surface area is 133 Å². The first-order chi connectivity index (χ1) is 10.8. The molecule has 2 saturated carbocycles. The second-order valence-electron chi connectivity index (χ2n) is 8.15. The minimum absolute atomic E-state index is 0.336. The summed E-state index contributed by atoms with van der Waals surface area (Å²) in [6.45, 7) is 0. The first kappa shape index (κ1) is 13.3. The molecule has 0 bridgehead atoms. The Hall–Kier alpha value is -1.11. The topological polar surface area (TPSA) is 17.1 Å². The minimum atomic E-state index is 0.336. The van der Waals surface area contributed by atoms with Gasteiger partial charge in [-0.2, -0.15) is 0 Å². The molecule has 0 aromatic heterocycles. The van der Waals surface area contributed by atoms with Crippen LogP contribution in [0.4, 0.5) is 0 Å². The second kappa shape index (κ2) is 4.94. The summed E-state index contributed by atoms with van der Waals surface area (Å²) in [4.78, 5) is 13.0. The molecule has 1 heteroatoms. The van der Waals surface area contributed by atoms with Crippen LogP contribution in [0.15, 0.2) is 12.1 Å².